The highest BCUT2D eigenvalue weighted by Crippen LogP contribution is 2.28. The summed E-state index contributed by atoms with van der Waals surface area (Å²) in [5.74, 6) is 0. The van der Waals surface area contributed by atoms with Crippen molar-refractivity contribution in [2.24, 2.45) is 5.73 Å². The summed E-state index contributed by atoms with van der Waals surface area (Å²) in [6, 6.07) is 0. The summed E-state index contributed by atoms with van der Waals surface area (Å²) in [7, 11) is 0. The van der Waals surface area contributed by atoms with Crippen LogP contribution >= 0.6 is 24.8 Å². The summed E-state index contributed by atoms with van der Waals surface area (Å²) in [6.07, 6.45) is 7.98. The second kappa shape index (κ2) is 6.16. The summed E-state index contributed by atoms with van der Waals surface area (Å²) in [6.45, 7) is 3.74. The van der Waals surface area contributed by atoms with Crippen LogP contribution in [0.1, 0.15) is 38.5 Å². The minimum absolute atomic E-state index is 0. The summed E-state index contributed by atoms with van der Waals surface area (Å²) in [4.78, 5) is 2.55. The van der Waals surface area contributed by atoms with Gasteiger partial charge in [0.05, 0.1) is 0 Å². The molecule has 2 N–H and O–H groups in total. The van der Waals surface area contributed by atoms with Gasteiger partial charge in [-0.05, 0) is 38.8 Å². The van der Waals surface area contributed by atoms with Gasteiger partial charge in [-0.15, -0.1) is 24.8 Å². The van der Waals surface area contributed by atoms with Crippen molar-refractivity contribution in [3.05, 3.63) is 0 Å². The van der Waals surface area contributed by atoms with Crippen molar-refractivity contribution in [3.63, 3.8) is 0 Å². The number of nitrogens with zero attached hydrogens (tertiary/aromatic N) is 1. The molecule has 0 spiro atoms. The van der Waals surface area contributed by atoms with Gasteiger partial charge in [-0.2, -0.15) is 0 Å². The number of hydrogen-bond donors (Lipinski definition) is 1. The predicted octanol–water partition coefficient (Wildman–Crippen LogP) is 2.20. The van der Waals surface area contributed by atoms with Gasteiger partial charge in [0.1, 0.15) is 0 Å². The Kier molecular flexibility index (Phi) is 6.38. The molecular formula is C10H22Cl2N2. The zero-order valence-corrected chi connectivity index (χ0v) is 10.3. The molecule has 1 heterocycles. The first-order valence-corrected chi connectivity index (χ1v) is 5.30. The number of hydrogen-bond acceptors (Lipinski definition) is 2. The van der Waals surface area contributed by atoms with E-state index in [-0.39, 0.29) is 30.4 Å². The van der Waals surface area contributed by atoms with Crippen LogP contribution in [0.5, 0.6) is 0 Å². The van der Waals surface area contributed by atoms with Gasteiger partial charge < -0.3 is 10.6 Å². The van der Waals surface area contributed by atoms with Crippen LogP contribution in [0.25, 0.3) is 0 Å². The Morgan fingerprint density at radius 3 is 1.93 bits per heavy atom. The molecule has 0 atom stereocenters. The molecule has 0 aromatic carbocycles. The van der Waals surface area contributed by atoms with E-state index in [9.17, 15) is 0 Å². The van der Waals surface area contributed by atoms with E-state index in [1.54, 1.807) is 0 Å². The summed E-state index contributed by atoms with van der Waals surface area (Å²) in [5, 5.41) is 0. The van der Waals surface area contributed by atoms with E-state index >= 15 is 0 Å². The molecule has 1 saturated heterocycles. The van der Waals surface area contributed by atoms with Crippen LogP contribution in [0.2, 0.25) is 0 Å². The summed E-state index contributed by atoms with van der Waals surface area (Å²) >= 11 is 0. The van der Waals surface area contributed by atoms with E-state index in [2.05, 4.69) is 4.90 Å². The zero-order chi connectivity index (χ0) is 8.44. The number of rotatable bonds is 2. The molecule has 86 valence electrons. The first kappa shape index (κ1) is 14.5. The fourth-order valence-corrected chi connectivity index (χ4v) is 2.62. The van der Waals surface area contributed by atoms with Crippen molar-refractivity contribution in [2.75, 3.05) is 19.6 Å². The van der Waals surface area contributed by atoms with E-state index < -0.39 is 0 Å². The molecule has 0 unspecified atom stereocenters. The topological polar surface area (TPSA) is 29.3 Å². The molecule has 0 bridgehead atoms. The Morgan fingerprint density at radius 2 is 1.43 bits per heavy atom. The van der Waals surface area contributed by atoms with Crippen molar-refractivity contribution in [1.29, 1.82) is 0 Å². The third-order valence-corrected chi connectivity index (χ3v) is 3.34. The Bertz CT molecular complexity index is 152. The van der Waals surface area contributed by atoms with Crippen molar-refractivity contribution in [2.45, 2.75) is 44.1 Å². The molecule has 2 fully saturated rings. The van der Waals surface area contributed by atoms with Crippen LogP contribution in [0.4, 0.5) is 0 Å². The Labute approximate surface area is 99.4 Å². The van der Waals surface area contributed by atoms with Crippen LogP contribution in [0.3, 0.4) is 0 Å². The largest absolute Gasteiger partial charge is 0.324 e. The average molecular weight is 241 g/mol. The third kappa shape index (κ3) is 3.58. The SMILES string of the molecule is Cl.Cl.NC1(CN2CCCC2)CCCC1. The molecule has 14 heavy (non-hydrogen) atoms. The van der Waals surface area contributed by atoms with E-state index in [0.717, 1.165) is 6.54 Å². The van der Waals surface area contributed by atoms with E-state index in [4.69, 9.17) is 5.73 Å². The number of likely N-dealkylation sites (tertiary alicyclic amines) is 1. The maximum Gasteiger partial charge on any atom is 0.0283 e. The average Bonchev–Trinajstić information content (AvgIpc) is 2.62. The predicted molar refractivity (Wildman–Crippen MR) is 65.6 cm³/mol. The van der Waals surface area contributed by atoms with Gasteiger partial charge in [0, 0.05) is 12.1 Å². The molecule has 0 radical (unpaired) electrons. The normalized spacial score (nSPS) is 25.5. The van der Waals surface area contributed by atoms with Crippen LogP contribution in [0.15, 0.2) is 0 Å². The lowest BCUT2D eigenvalue weighted by Gasteiger charge is -2.29. The first-order valence-electron chi connectivity index (χ1n) is 5.30. The third-order valence-electron chi connectivity index (χ3n) is 3.34. The molecule has 0 aromatic rings. The fraction of sp³-hybridized carbons (Fsp3) is 1.00. The molecule has 0 aromatic heterocycles. The second-order valence-electron chi connectivity index (χ2n) is 4.55. The van der Waals surface area contributed by atoms with E-state index in [1.807, 2.05) is 0 Å². The monoisotopic (exact) mass is 240 g/mol. The molecule has 2 rings (SSSR count). The van der Waals surface area contributed by atoms with E-state index in [1.165, 1.54) is 51.6 Å². The summed E-state index contributed by atoms with van der Waals surface area (Å²) < 4.78 is 0. The Balaban J connectivity index is 0.000000845. The lowest BCUT2D eigenvalue weighted by Crippen LogP contribution is -2.47. The highest BCUT2D eigenvalue weighted by atomic mass is 35.5. The highest BCUT2D eigenvalue weighted by Gasteiger charge is 2.31. The van der Waals surface area contributed by atoms with Crippen molar-refractivity contribution in [1.82, 2.24) is 4.90 Å². The maximum atomic E-state index is 6.30. The van der Waals surface area contributed by atoms with Crippen molar-refractivity contribution in [3.8, 4) is 0 Å². The maximum absolute atomic E-state index is 6.30. The smallest absolute Gasteiger partial charge is 0.0283 e. The molecule has 1 aliphatic heterocycles. The van der Waals surface area contributed by atoms with Gasteiger partial charge in [-0.1, -0.05) is 12.8 Å². The van der Waals surface area contributed by atoms with Crippen LogP contribution in [0, 0.1) is 0 Å². The molecule has 1 saturated carbocycles. The molecule has 1 aliphatic carbocycles. The Hall–Kier alpha value is 0.500. The molecule has 2 aliphatic rings. The minimum atomic E-state index is 0. The quantitative estimate of drug-likeness (QED) is 0.803. The molecule has 0 amide bonds. The Morgan fingerprint density at radius 1 is 0.929 bits per heavy atom. The van der Waals surface area contributed by atoms with Gasteiger partial charge in [0.25, 0.3) is 0 Å². The summed E-state index contributed by atoms with van der Waals surface area (Å²) in [5.41, 5.74) is 6.48. The molecule has 2 nitrogen and oxygen atoms in total. The number of nitrogens with two attached hydrogens (primary N) is 1. The minimum Gasteiger partial charge on any atom is -0.324 e. The number of halogens is 2. The van der Waals surface area contributed by atoms with Gasteiger partial charge in [-0.25, -0.2) is 0 Å². The zero-order valence-electron chi connectivity index (χ0n) is 8.71. The van der Waals surface area contributed by atoms with Gasteiger partial charge in [0.15, 0.2) is 0 Å². The van der Waals surface area contributed by atoms with Crippen molar-refractivity contribution >= 4 is 24.8 Å². The first-order chi connectivity index (χ1) is 5.79. The van der Waals surface area contributed by atoms with Crippen molar-refractivity contribution < 1.29 is 0 Å². The standard InChI is InChI=1S/C10H20N2.2ClH/c11-10(5-1-2-6-10)9-12-7-3-4-8-12;;/h1-9,11H2;2*1H. The van der Waals surface area contributed by atoms with Gasteiger partial charge in [-0.3, -0.25) is 0 Å². The molecule has 4 heteroatoms. The van der Waals surface area contributed by atoms with E-state index in [0.29, 0.717) is 0 Å². The van der Waals surface area contributed by atoms with Crippen LogP contribution < -0.4 is 5.73 Å². The lowest BCUT2D eigenvalue weighted by atomic mass is 9.99. The van der Waals surface area contributed by atoms with Gasteiger partial charge in [0.2, 0.25) is 0 Å². The lowest BCUT2D eigenvalue weighted by molar-refractivity contribution is 0.248. The fourth-order valence-electron chi connectivity index (χ4n) is 2.62. The van der Waals surface area contributed by atoms with Crippen LogP contribution in [-0.2, 0) is 0 Å². The second-order valence-corrected chi connectivity index (χ2v) is 4.55. The van der Waals surface area contributed by atoms with Crippen LogP contribution in [-0.4, -0.2) is 30.1 Å². The van der Waals surface area contributed by atoms with Gasteiger partial charge >= 0.3 is 0 Å². The molecular weight excluding hydrogens is 219 g/mol. The highest BCUT2D eigenvalue weighted by molar-refractivity contribution is 5.85.